The lowest BCUT2D eigenvalue weighted by atomic mass is 10.1. The lowest BCUT2D eigenvalue weighted by Gasteiger charge is -2.19. The second-order valence-electron chi connectivity index (χ2n) is 5.35. The fourth-order valence-electron chi connectivity index (χ4n) is 2.17. The number of aryl methyl sites for hydroxylation is 1. The average Bonchev–Trinajstić information content (AvgIpc) is 2.47. The third kappa shape index (κ3) is 5.76. The molecule has 0 aliphatic heterocycles. The van der Waals surface area contributed by atoms with Crippen LogP contribution >= 0.6 is 0 Å². The van der Waals surface area contributed by atoms with Gasteiger partial charge in [0.1, 0.15) is 5.75 Å². The predicted octanol–water partition coefficient (Wildman–Crippen LogP) is 2.79. The van der Waals surface area contributed by atoms with Crippen LogP contribution in [0, 0.1) is 6.92 Å². The molecular formula is C17H28N2O2. The fraction of sp³-hybridized carbons (Fsp3) is 0.588. The van der Waals surface area contributed by atoms with Crippen LogP contribution in [0.3, 0.4) is 0 Å². The zero-order valence-electron chi connectivity index (χ0n) is 13.7. The summed E-state index contributed by atoms with van der Waals surface area (Å²) in [4.78, 5) is 12.0. The quantitative estimate of drug-likeness (QED) is 0.688. The van der Waals surface area contributed by atoms with Gasteiger partial charge in [0, 0.05) is 18.7 Å². The molecule has 118 valence electrons. The number of nitrogens with one attached hydrogen (secondary N) is 2. The number of ether oxygens (including phenoxy) is 1. The van der Waals surface area contributed by atoms with E-state index in [1.807, 2.05) is 32.2 Å². The summed E-state index contributed by atoms with van der Waals surface area (Å²) in [5.74, 6) is 0.757. The monoisotopic (exact) mass is 292 g/mol. The highest BCUT2D eigenvalue weighted by molar-refractivity contribution is 5.80. The summed E-state index contributed by atoms with van der Waals surface area (Å²) in [5.41, 5.74) is 2.12. The van der Waals surface area contributed by atoms with Gasteiger partial charge in [0.15, 0.2) is 6.10 Å². The Morgan fingerprint density at radius 2 is 2.10 bits per heavy atom. The molecule has 1 rings (SSSR count). The molecular weight excluding hydrogens is 264 g/mol. The van der Waals surface area contributed by atoms with Gasteiger partial charge in [0.25, 0.3) is 5.91 Å². The number of rotatable bonds is 9. The maximum absolute atomic E-state index is 12.0. The van der Waals surface area contributed by atoms with Gasteiger partial charge in [0.2, 0.25) is 0 Å². The minimum absolute atomic E-state index is 0.0511. The topological polar surface area (TPSA) is 50.4 Å². The third-order valence-corrected chi connectivity index (χ3v) is 3.40. The van der Waals surface area contributed by atoms with Crippen molar-refractivity contribution in [1.82, 2.24) is 10.6 Å². The molecule has 0 saturated heterocycles. The van der Waals surface area contributed by atoms with Gasteiger partial charge in [-0.25, -0.2) is 0 Å². The molecule has 0 spiro atoms. The molecule has 1 amide bonds. The number of amides is 1. The maximum Gasteiger partial charge on any atom is 0.260 e. The zero-order valence-corrected chi connectivity index (χ0v) is 13.7. The zero-order chi connectivity index (χ0) is 15.7. The van der Waals surface area contributed by atoms with E-state index in [9.17, 15) is 4.79 Å². The van der Waals surface area contributed by atoms with Crippen molar-refractivity contribution < 1.29 is 9.53 Å². The first-order chi connectivity index (χ1) is 10.1. The highest BCUT2D eigenvalue weighted by Gasteiger charge is 2.17. The normalized spacial score (nSPS) is 12.0. The molecule has 4 heteroatoms. The lowest BCUT2D eigenvalue weighted by Crippen LogP contribution is -2.37. The molecule has 0 aliphatic carbocycles. The van der Waals surface area contributed by atoms with E-state index in [0.29, 0.717) is 0 Å². The van der Waals surface area contributed by atoms with E-state index in [-0.39, 0.29) is 5.91 Å². The fourth-order valence-corrected chi connectivity index (χ4v) is 2.17. The summed E-state index contributed by atoms with van der Waals surface area (Å²) in [6.07, 6.45) is 2.82. The number of para-hydroxylation sites is 1. The molecule has 0 bridgehead atoms. The number of benzene rings is 1. The average molecular weight is 292 g/mol. The first kappa shape index (κ1) is 17.5. The SMILES string of the molecule is CCCCCNC(=O)C(C)Oc1c(C)cccc1CNC. The largest absolute Gasteiger partial charge is 0.480 e. The van der Waals surface area contributed by atoms with Crippen molar-refractivity contribution in [2.75, 3.05) is 13.6 Å². The van der Waals surface area contributed by atoms with Crippen LogP contribution < -0.4 is 15.4 Å². The van der Waals surface area contributed by atoms with Crippen LogP contribution in [0.5, 0.6) is 5.75 Å². The van der Waals surface area contributed by atoms with Gasteiger partial charge in [-0.15, -0.1) is 0 Å². The molecule has 0 heterocycles. The number of carbonyl (C=O) groups excluding carboxylic acids is 1. The van der Waals surface area contributed by atoms with Crippen LogP contribution in [0.15, 0.2) is 18.2 Å². The summed E-state index contributed by atoms with van der Waals surface area (Å²) >= 11 is 0. The molecule has 1 aromatic rings. The Hall–Kier alpha value is -1.55. The Labute approximate surface area is 128 Å². The van der Waals surface area contributed by atoms with E-state index in [4.69, 9.17) is 4.74 Å². The Bertz CT molecular complexity index is 446. The van der Waals surface area contributed by atoms with E-state index >= 15 is 0 Å². The smallest absolute Gasteiger partial charge is 0.260 e. The summed E-state index contributed by atoms with van der Waals surface area (Å²) in [5, 5.41) is 6.05. The summed E-state index contributed by atoms with van der Waals surface area (Å²) in [7, 11) is 1.90. The van der Waals surface area contributed by atoms with Crippen LogP contribution in [-0.4, -0.2) is 25.6 Å². The minimum Gasteiger partial charge on any atom is -0.480 e. The van der Waals surface area contributed by atoms with Gasteiger partial charge in [0.05, 0.1) is 0 Å². The second kappa shape index (κ2) is 9.40. The minimum atomic E-state index is -0.483. The molecule has 4 nitrogen and oxygen atoms in total. The van der Waals surface area contributed by atoms with Crippen molar-refractivity contribution >= 4 is 5.91 Å². The Morgan fingerprint density at radius 3 is 2.76 bits per heavy atom. The van der Waals surface area contributed by atoms with E-state index in [1.54, 1.807) is 6.92 Å². The number of hydrogen-bond acceptors (Lipinski definition) is 3. The highest BCUT2D eigenvalue weighted by atomic mass is 16.5. The van der Waals surface area contributed by atoms with Gasteiger partial charge < -0.3 is 15.4 Å². The van der Waals surface area contributed by atoms with E-state index in [0.717, 1.165) is 49.2 Å². The maximum atomic E-state index is 12.0. The van der Waals surface area contributed by atoms with Gasteiger partial charge in [-0.1, -0.05) is 38.0 Å². The van der Waals surface area contributed by atoms with E-state index in [1.165, 1.54) is 0 Å². The Balaban J connectivity index is 2.61. The van der Waals surface area contributed by atoms with Crippen molar-refractivity contribution in [3.05, 3.63) is 29.3 Å². The molecule has 0 aromatic heterocycles. The molecule has 21 heavy (non-hydrogen) atoms. The summed E-state index contributed by atoms with van der Waals surface area (Å²) in [6, 6.07) is 6.02. The first-order valence-electron chi connectivity index (χ1n) is 7.77. The summed E-state index contributed by atoms with van der Waals surface area (Å²) in [6.45, 7) is 7.39. The van der Waals surface area contributed by atoms with Gasteiger partial charge in [-0.2, -0.15) is 0 Å². The van der Waals surface area contributed by atoms with Crippen molar-refractivity contribution in [2.24, 2.45) is 0 Å². The summed E-state index contributed by atoms with van der Waals surface area (Å²) < 4.78 is 5.90. The van der Waals surface area contributed by atoms with Gasteiger partial charge in [-0.05, 0) is 32.9 Å². The molecule has 0 saturated carbocycles. The van der Waals surface area contributed by atoms with Crippen LogP contribution in [0.25, 0.3) is 0 Å². The molecule has 1 atom stereocenters. The number of carbonyl (C=O) groups is 1. The van der Waals surface area contributed by atoms with Crippen molar-refractivity contribution in [2.45, 2.75) is 52.7 Å². The molecule has 0 fully saturated rings. The van der Waals surface area contributed by atoms with E-state index < -0.39 is 6.10 Å². The molecule has 1 unspecified atom stereocenters. The van der Waals surface area contributed by atoms with E-state index in [2.05, 4.69) is 17.6 Å². The number of hydrogen-bond donors (Lipinski definition) is 2. The second-order valence-corrected chi connectivity index (χ2v) is 5.35. The van der Waals surface area contributed by atoms with Crippen LogP contribution in [0.2, 0.25) is 0 Å². The van der Waals surface area contributed by atoms with Crippen molar-refractivity contribution in [3.8, 4) is 5.75 Å². The standard InChI is InChI=1S/C17H28N2O2/c1-5-6-7-11-19-17(20)14(3)21-16-13(2)9-8-10-15(16)12-18-4/h8-10,14,18H,5-7,11-12H2,1-4H3,(H,19,20). The number of unbranched alkanes of at least 4 members (excludes halogenated alkanes) is 2. The van der Waals surface area contributed by atoms with Crippen LogP contribution in [0.1, 0.15) is 44.2 Å². The molecule has 2 N–H and O–H groups in total. The van der Waals surface area contributed by atoms with Crippen LogP contribution in [0.4, 0.5) is 0 Å². The Morgan fingerprint density at radius 1 is 1.33 bits per heavy atom. The third-order valence-electron chi connectivity index (χ3n) is 3.40. The Kier molecular flexibility index (Phi) is 7.83. The van der Waals surface area contributed by atoms with Crippen LogP contribution in [-0.2, 0) is 11.3 Å². The predicted molar refractivity (Wildman–Crippen MR) is 86.6 cm³/mol. The lowest BCUT2D eigenvalue weighted by molar-refractivity contribution is -0.127. The molecule has 0 aliphatic rings. The first-order valence-corrected chi connectivity index (χ1v) is 7.77. The van der Waals surface area contributed by atoms with Crippen molar-refractivity contribution in [1.29, 1.82) is 0 Å². The molecule has 1 aromatic carbocycles. The van der Waals surface area contributed by atoms with Gasteiger partial charge >= 0.3 is 0 Å². The highest BCUT2D eigenvalue weighted by Crippen LogP contribution is 2.24. The molecule has 0 radical (unpaired) electrons. The van der Waals surface area contributed by atoms with Crippen molar-refractivity contribution in [3.63, 3.8) is 0 Å². The van der Waals surface area contributed by atoms with Gasteiger partial charge in [-0.3, -0.25) is 4.79 Å².